The fourth-order valence-corrected chi connectivity index (χ4v) is 5.98. The summed E-state index contributed by atoms with van der Waals surface area (Å²) in [6.07, 6.45) is 7.06. The molecule has 2 aromatic carbocycles. The van der Waals surface area contributed by atoms with Crippen molar-refractivity contribution in [1.29, 1.82) is 0 Å². The Morgan fingerprint density at radius 1 is 1.00 bits per heavy atom. The van der Waals surface area contributed by atoms with Crippen molar-refractivity contribution in [3.05, 3.63) is 65.2 Å². The van der Waals surface area contributed by atoms with E-state index in [1.54, 1.807) is 11.8 Å². The molecule has 0 aliphatic heterocycles. The van der Waals surface area contributed by atoms with Gasteiger partial charge in [0.1, 0.15) is 6.04 Å². The molecule has 1 atom stereocenters. The lowest BCUT2D eigenvalue weighted by atomic mass is 9.95. The average molecular weight is 528 g/mol. The molecule has 2 amide bonds. The molecule has 3 rings (SSSR count). The first kappa shape index (κ1) is 28.7. The fourth-order valence-electron chi connectivity index (χ4n) is 5.03. The van der Waals surface area contributed by atoms with Gasteiger partial charge in [0.2, 0.25) is 21.8 Å². The summed E-state index contributed by atoms with van der Waals surface area (Å²) in [4.78, 5) is 28.2. The van der Waals surface area contributed by atoms with E-state index in [9.17, 15) is 18.0 Å². The van der Waals surface area contributed by atoms with E-state index < -0.39 is 16.1 Å². The van der Waals surface area contributed by atoms with Crippen molar-refractivity contribution >= 4 is 27.5 Å². The third-order valence-corrected chi connectivity index (χ3v) is 8.16. The summed E-state index contributed by atoms with van der Waals surface area (Å²) in [5.74, 6) is -0.298. The molecule has 0 heterocycles. The maximum absolute atomic E-state index is 13.4. The molecule has 1 N–H and O–H groups in total. The molecule has 0 spiro atoms. The van der Waals surface area contributed by atoms with Gasteiger partial charge in [-0.2, -0.15) is 0 Å². The molecule has 0 radical (unpaired) electrons. The van der Waals surface area contributed by atoms with Crippen LogP contribution in [0.1, 0.15) is 68.6 Å². The molecular formula is C29H41N3O4S. The predicted molar refractivity (Wildman–Crippen MR) is 149 cm³/mol. The van der Waals surface area contributed by atoms with Crippen LogP contribution in [0, 0.1) is 13.8 Å². The zero-order valence-corrected chi connectivity index (χ0v) is 23.4. The van der Waals surface area contributed by atoms with Gasteiger partial charge in [-0.25, -0.2) is 8.42 Å². The van der Waals surface area contributed by atoms with Gasteiger partial charge in [-0.1, -0.05) is 55.7 Å². The first-order valence-electron chi connectivity index (χ1n) is 13.2. The Morgan fingerprint density at radius 3 is 2.22 bits per heavy atom. The second kappa shape index (κ2) is 13.1. The number of aryl methyl sites for hydroxylation is 2. The zero-order chi connectivity index (χ0) is 27.0. The molecular weight excluding hydrogens is 486 g/mol. The number of amides is 2. The fraction of sp³-hybridized carbons (Fsp3) is 0.517. The lowest BCUT2D eigenvalue weighted by Gasteiger charge is -2.31. The van der Waals surface area contributed by atoms with E-state index in [4.69, 9.17) is 0 Å². The average Bonchev–Trinajstić information content (AvgIpc) is 2.84. The van der Waals surface area contributed by atoms with E-state index in [-0.39, 0.29) is 30.8 Å². The van der Waals surface area contributed by atoms with Crippen LogP contribution < -0.4 is 9.62 Å². The molecule has 37 heavy (non-hydrogen) atoms. The smallest absolute Gasteiger partial charge is 0.242 e. The highest BCUT2D eigenvalue weighted by Crippen LogP contribution is 2.23. The number of benzene rings is 2. The molecule has 1 aliphatic carbocycles. The number of rotatable bonds is 11. The first-order valence-corrected chi connectivity index (χ1v) is 15.1. The number of sulfonamides is 1. The predicted octanol–water partition coefficient (Wildman–Crippen LogP) is 4.72. The van der Waals surface area contributed by atoms with Crippen LogP contribution in [0.4, 0.5) is 5.69 Å². The van der Waals surface area contributed by atoms with E-state index in [2.05, 4.69) is 5.32 Å². The van der Waals surface area contributed by atoms with Crippen LogP contribution in [0.5, 0.6) is 0 Å². The van der Waals surface area contributed by atoms with Crippen molar-refractivity contribution in [2.24, 2.45) is 0 Å². The maximum Gasteiger partial charge on any atom is 0.242 e. The van der Waals surface area contributed by atoms with Crippen molar-refractivity contribution in [2.75, 3.05) is 17.1 Å². The first-order chi connectivity index (χ1) is 17.5. The normalized spacial score (nSPS) is 15.1. The van der Waals surface area contributed by atoms with Gasteiger partial charge in [-0.15, -0.1) is 0 Å². The van der Waals surface area contributed by atoms with Gasteiger partial charge in [0.05, 0.1) is 11.9 Å². The standard InChI is InChI=1S/C29H41N3O4S/c1-22-18-23(2)20-27(19-22)32(37(4,35)36)17-11-16-28(33)31(21-25-12-7-5-8-13-25)24(3)29(34)30-26-14-9-6-10-15-26/h5,7-8,12-13,18-20,24,26H,6,9-11,14-17,21H2,1-4H3,(H,30,34). The monoisotopic (exact) mass is 527 g/mol. The molecule has 0 saturated heterocycles. The second-order valence-electron chi connectivity index (χ2n) is 10.3. The lowest BCUT2D eigenvalue weighted by Crippen LogP contribution is -2.50. The number of nitrogens with zero attached hydrogens (tertiary/aromatic N) is 2. The van der Waals surface area contributed by atoms with E-state index in [1.807, 2.05) is 62.4 Å². The van der Waals surface area contributed by atoms with E-state index >= 15 is 0 Å². The van der Waals surface area contributed by atoms with Crippen LogP contribution in [0.2, 0.25) is 0 Å². The van der Waals surface area contributed by atoms with Crippen LogP contribution in [0.25, 0.3) is 0 Å². The highest BCUT2D eigenvalue weighted by Gasteiger charge is 2.28. The zero-order valence-electron chi connectivity index (χ0n) is 22.6. The summed E-state index contributed by atoms with van der Waals surface area (Å²) in [5, 5.41) is 3.15. The van der Waals surface area contributed by atoms with Crippen molar-refractivity contribution in [3.8, 4) is 0 Å². The van der Waals surface area contributed by atoms with Gasteiger partial charge in [0.25, 0.3) is 0 Å². The van der Waals surface area contributed by atoms with Crippen molar-refractivity contribution in [3.63, 3.8) is 0 Å². The molecule has 1 aliphatic rings. The van der Waals surface area contributed by atoms with Gasteiger partial charge in [0, 0.05) is 25.6 Å². The summed E-state index contributed by atoms with van der Waals surface area (Å²) < 4.78 is 26.5. The molecule has 1 fully saturated rings. The quantitative estimate of drug-likeness (QED) is 0.458. The third kappa shape index (κ3) is 8.59. The third-order valence-electron chi connectivity index (χ3n) is 6.96. The van der Waals surface area contributed by atoms with E-state index in [0.717, 1.165) is 42.4 Å². The highest BCUT2D eigenvalue weighted by atomic mass is 32.2. The molecule has 7 nitrogen and oxygen atoms in total. The summed E-state index contributed by atoms with van der Waals surface area (Å²) in [7, 11) is -3.52. The molecule has 8 heteroatoms. The highest BCUT2D eigenvalue weighted by molar-refractivity contribution is 7.92. The molecule has 2 aromatic rings. The summed E-state index contributed by atoms with van der Waals surface area (Å²) in [5.41, 5.74) is 3.51. The molecule has 0 bridgehead atoms. The SMILES string of the molecule is Cc1cc(C)cc(N(CCCC(=O)N(Cc2ccccc2)C(C)C(=O)NC2CCCCC2)S(C)(=O)=O)c1. The minimum absolute atomic E-state index is 0.135. The van der Waals surface area contributed by atoms with Crippen LogP contribution in [-0.4, -0.2) is 50.0 Å². The number of nitrogens with one attached hydrogen (secondary N) is 1. The topological polar surface area (TPSA) is 86.8 Å². The summed E-state index contributed by atoms with van der Waals surface area (Å²) >= 11 is 0. The Morgan fingerprint density at radius 2 is 1.62 bits per heavy atom. The lowest BCUT2D eigenvalue weighted by molar-refractivity contribution is -0.141. The summed E-state index contributed by atoms with van der Waals surface area (Å²) in [6, 6.07) is 14.9. The van der Waals surface area contributed by atoms with Crippen molar-refractivity contribution < 1.29 is 18.0 Å². The number of anilines is 1. The molecule has 1 saturated carbocycles. The number of hydrogen-bond donors (Lipinski definition) is 1. The number of carbonyl (C=O) groups excluding carboxylic acids is 2. The molecule has 1 unspecified atom stereocenters. The molecule has 0 aromatic heterocycles. The van der Waals surface area contributed by atoms with Crippen molar-refractivity contribution in [1.82, 2.24) is 10.2 Å². The minimum atomic E-state index is -3.52. The van der Waals surface area contributed by atoms with Gasteiger partial charge >= 0.3 is 0 Å². The number of hydrogen-bond acceptors (Lipinski definition) is 4. The van der Waals surface area contributed by atoms with Crippen LogP contribution >= 0.6 is 0 Å². The van der Waals surface area contributed by atoms with Crippen LogP contribution in [-0.2, 0) is 26.2 Å². The van der Waals surface area contributed by atoms with E-state index in [1.165, 1.54) is 17.0 Å². The minimum Gasteiger partial charge on any atom is -0.352 e. The Kier molecular flexibility index (Phi) is 10.1. The Hall–Kier alpha value is -2.87. The van der Waals surface area contributed by atoms with E-state index in [0.29, 0.717) is 18.7 Å². The Labute approximate surface area is 222 Å². The Bertz CT molecular complexity index is 1140. The van der Waals surface area contributed by atoms with Crippen LogP contribution in [0.15, 0.2) is 48.5 Å². The van der Waals surface area contributed by atoms with Gasteiger partial charge in [-0.05, 0) is 68.9 Å². The molecule has 202 valence electrons. The maximum atomic E-state index is 13.4. The summed E-state index contributed by atoms with van der Waals surface area (Å²) in [6.45, 7) is 6.15. The van der Waals surface area contributed by atoms with Crippen LogP contribution in [0.3, 0.4) is 0 Å². The van der Waals surface area contributed by atoms with Gasteiger partial charge in [-0.3, -0.25) is 13.9 Å². The Balaban J connectivity index is 1.71. The van der Waals surface area contributed by atoms with Gasteiger partial charge in [0.15, 0.2) is 0 Å². The van der Waals surface area contributed by atoms with Crippen molar-refractivity contribution in [2.45, 2.75) is 84.3 Å². The second-order valence-corrected chi connectivity index (χ2v) is 12.2. The van der Waals surface area contributed by atoms with Gasteiger partial charge < -0.3 is 10.2 Å². The largest absolute Gasteiger partial charge is 0.352 e. The number of carbonyl (C=O) groups is 2.